The summed E-state index contributed by atoms with van der Waals surface area (Å²) in [6.07, 6.45) is 0. The second-order valence-electron chi connectivity index (χ2n) is 5.62. The van der Waals surface area contributed by atoms with Gasteiger partial charge in [0.2, 0.25) is 17.6 Å². The first-order chi connectivity index (χ1) is 15.3. The van der Waals surface area contributed by atoms with E-state index in [1.807, 2.05) is 0 Å². The molecule has 0 amide bonds. The summed E-state index contributed by atoms with van der Waals surface area (Å²) in [7, 11) is 0. The van der Waals surface area contributed by atoms with Crippen molar-refractivity contribution in [1.82, 2.24) is 15.0 Å². The number of aromatic hydroxyl groups is 6. The first kappa shape index (κ1) is 29.2. The zero-order valence-corrected chi connectivity index (χ0v) is 17.5. The predicted octanol–water partition coefficient (Wildman–Crippen LogP) is 0.570. The molecule has 182 valence electrons. The van der Waals surface area contributed by atoms with Crippen LogP contribution < -0.4 is 0 Å². The van der Waals surface area contributed by atoms with Gasteiger partial charge in [-0.05, 0) is 0 Å². The quantitative estimate of drug-likeness (QED) is 0.213. The average molecular weight is 521 g/mol. The number of pyridine rings is 3. The molecule has 0 aliphatic rings. The zero-order chi connectivity index (χ0) is 25.3. The standard InChI is InChI=1S/3C6H5NO4.Fe/c3*8-3-1-4(6(10)11)7-5(9)2-3;/h3*1-2H,(H,10,11)(H2,7,8,9);. The van der Waals surface area contributed by atoms with E-state index in [4.69, 9.17) is 46.0 Å². The van der Waals surface area contributed by atoms with Crippen molar-refractivity contribution >= 4 is 17.9 Å². The van der Waals surface area contributed by atoms with E-state index in [-0.39, 0.29) is 51.4 Å². The van der Waals surface area contributed by atoms with Gasteiger partial charge < -0.3 is 46.0 Å². The van der Waals surface area contributed by atoms with Gasteiger partial charge in [0, 0.05) is 53.5 Å². The summed E-state index contributed by atoms with van der Waals surface area (Å²) in [5.41, 5.74) is -1.16. The van der Waals surface area contributed by atoms with Gasteiger partial charge in [0.1, 0.15) is 17.2 Å². The molecule has 0 radical (unpaired) electrons. The number of aromatic nitrogens is 3. The molecule has 0 aliphatic heterocycles. The number of carboxylic acids is 3. The van der Waals surface area contributed by atoms with Gasteiger partial charge in [-0.3, -0.25) is 0 Å². The van der Waals surface area contributed by atoms with E-state index in [1.54, 1.807) is 0 Å². The van der Waals surface area contributed by atoms with E-state index in [9.17, 15) is 14.4 Å². The molecular weight excluding hydrogens is 506 g/mol. The summed E-state index contributed by atoms with van der Waals surface area (Å²) >= 11 is 0. The van der Waals surface area contributed by atoms with Crippen LogP contribution in [0.1, 0.15) is 31.5 Å². The van der Waals surface area contributed by atoms with Crippen molar-refractivity contribution < 1.29 is 77.4 Å². The molecule has 9 N–H and O–H groups in total. The van der Waals surface area contributed by atoms with E-state index in [1.165, 1.54) is 0 Å². The van der Waals surface area contributed by atoms with Crippen LogP contribution >= 0.6 is 0 Å². The number of hydrogen-bond donors (Lipinski definition) is 9. The maximum atomic E-state index is 10.2. The molecule has 15 nitrogen and oxygen atoms in total. The molecule has 0 fully saturated rings. The average Bonchev–Trinajstić information content (AvgIpc) is 2.66. The number of aromatic carboxylic acids is 3. The van der Waals surface area contributed by atoms with Gasteiger partial charge >= 0.3 is 17.9 Å². The molecule has 34 heavy (non-hydrogen) atoms. The number of carbonyl (C=O) groups is 3. The number of nitrogens with zero attached hydrogens (tertiary/aromatic N) is 3. The van der Waals surface area contributed by atoms with Crippen molar-refractivity contribution in [3.8, 4) is 34.9 Å². The van der Waals surface area contributed by atoms with E-state index < -0.39 is 35.5 Å². The van der Waals surface area contributed by atoms with Gasteiger partial charge in [0.05, 0.1) is 0 Å². The van der Waals surface area contributed by atoms with Crippen molar-refractivity contribution in [2.75, 3.05) is 0 Å². The molecule has 0 aliphatic carbocycles. The molecule has 0 atom stereocenters. The third kappa shape index (κ3) is 9.99. The second kappa shape index (κ2) is 12.9. The van der Waals surface area contributed by atoms with Crippen LogP contribution in [0, 0.1) is 0 Å². The SMILES string of the molecule is O=C(O)c1cc(O)cc(O)n1.O=C(O)c1cc(O)cc(O)n1.O=C(O)c1cc(O)cc(O)n1.[Fe]. The molecule has 0 bridgehead atoms. The van der Waals surface area contributed by atoms with Gasteiger partial charge in [-0.2, -0.15) is 0 Å². The van der Waals surface area contributed by atoms with E-state index in [0.29, 0.717) is 0 Å². The van der Waals surface area contributed by atoms with Crippen LogP contribution in [0.3, 0.4) is 0 Å². The Labute approximate surface area is 199 Å². The van der Waals surface area contributed by atoms with Gasteiger partial charge in [-0.15, -0.1) is 0 Å². The summed E-state index contributed by atoms with van der Waals surface area (Å²) in [5, 5.41) is 77.5. The van der Waals surface area contributed by atoms with Crippen LogP contribution in [0.25, 0.3) is 0 Å². The summed E-state index contributed by atoms with van der Waals surface area (Å²) in [6, 6.07) is 5.69. The smallest absolute Gasteiger partial charge is 0.354 e. The van der Waals surface area contributed by atoms with Crippen LogP contribution in [-0.4, -0.2) is 78.8 Å². The van der Waals surface area contributed by atoms with Gasteiger partial charge in [-0.25, -0.2) is 29.3 Å². The third-order valence-corrected chi connectivity index (χ3v) is 3.05. The maximum absolute atomic E-state index is 10.2. The first-order valence-corrected chi connectivity index (χ1v) is 8.18. The Kier molecular flexibility index (Phi) is 11.1. The van der Waals surface area contributed by atoms with Crippen LogP contribution in [0.4, 0.5) is 0 Å². The fourth-order valence-electron chi connectivity index (χ4n) is 1.83. The summed E-state index contributed by atoms with van der Waals surface area (Å²) in [4.78, 5) is 40.4. The first-order valence-electron chi connectivity index (χ1n) is 8.18. The Hall–Kier alpha value is -4.82. The van der Waals surface area contributed by atoms with Crippen molar-refractivity contribution in [3.05, 3.63) is 53.5 Å². The van der Waals surface area contributed by atoms with Crippen LogP contribution in [0.2, 0.25) is 0 Å². The van der Waals surface area contributed by atoms with Crippen molar-refractivity contribution in [2.45, 2.75) is 0 Å². The number of carboxylic acid groups (broad SMARTS) is 3. The second-order valence-corrected chi connectivity index (χ2v) is 5.62. The third-order valence-electron chi connectivity index (χ3n) is 3.05. The topological polar surface area (TPSA) is 272 Å². The maximum Gasteiger partial charge on any atom is 0.354 e. The molecular formula is C18H15FeN3O12. The minimum absolute atomic E-state index is 0. The molecule has 3 rings (SSSR count). The molecule has 16 heteroatoms. The normalized spacial score (nSPS) is 9.18. The van der Waals surface area contributed by atoms with Crippen molar-refractivity contribution in [3.63, 3.8) is 0 Å². The van der Waals surface area contributed by atoms with E-state index in [0.717, 1.165) is 36.4 Å². The Balaban J connectivity index is 0.000000473. The number of rotatable bonds is 3. The molecule has 3 heterocycles. The van der Waals surface area contributed by atoms with Crippen molar-refractivity contribution in [2.24, 2.45) is 0 Å². The Morgan fingerprint density at radius 2 is 0.676 bits per heavy atom. The van der Waals surface area contributed by atoms with Crippen LogP contribution in [-0.2, 0) is 17.1 Å². The van der Waals surface area contributed by atoms with Gasteiger partial charge in [0.15, 0.2) is 17.1 Å². The Bertz CT molecular complexity index is 982. The molecule has 0 spiro atoms. The Morgan fingerprint density at radius 3 is 0.824 bits per heavy atom. The van der Waals surface area contributed by atoms with Gasteiger partial charge in [-0.1, -0.05) is 0 Å². The fourth-order valence-corrected chi connectivity index (χ4v) is 1.83. The summed E-state index contributed by atoms with van der Waals surface area (Å²) in [5.74, 6) is -6.39. The Morgan fingerprint density at radius 1 is 0.471 bits per heavy atom. The molecule has 0 saturated heterocycles. The summed E-state index contributed by atoms with van der Waals surface area (Å²) < 4.78 is 0. The molecule has 3 aromatic heterocycles. The minimum atomic E-state index is -1.30. The number of hydrogen-bond acceptors (Lipinski definition) is 12. The monoisotopic (exact) mass is 521 g/mol. The van der Waals surface area contributed by atoms with Gasteiger partial charge in [0.25, 0.3) is 0 Å². The minimum Gasteiger partial charge on any atom is -0.508 e. The predicted molar refractivity (Wildman–Crippen MR) is 104 cm³/mol. The summed E-state index contributed by atoms with van der Waals surface area (Å²) in [6.45, 7) is 0. The van der Waals surface area contributed by atoms with E-state index in [2.05, 4.69) is 15.0 Å². The van der Waals surface area contributed by atoms with Crippen molar-refractivity contribution in [1.29, 1.82) is 0 Å². The molecule has 0 aromatic carbocycles. The zero-order valence-electron chi connectivity index (χ0n) is 16.4. The molecule has 3 aromatic rings. The van der Waals surface area contributed by atoms with E-state index >= 15 is 0 Å². The molecule has 0 saturated carbocycles. The fraction of sp³-hybridized carbons (Fsp3) is 0. The van der Waals surface area contributed by atoms with Crippen LogP contribution in [0.15, 0.2) is 36.4 Å². The molecule has 0 unspecified atom stereocenters. The van der Waals surface area contributed by atoms with Crippen LogP contribution in [0.5, 0.6) is 34.9 Å². The largest absolute Gasteiger partial charge is 0.508 e.